The molecule has 0 spiro atoms. The Morgan fingerprint density at radius 1 is 1.15 bits per heavy atom. The van der Waals surface area contributed by atoms with E-state index in [4.69, 9.17) is 0 Å². The van der Waals surface area contributed by atoms with Crippen molar-refractivity contribution in [1.82, 2.24) is 20.4 Å². The van der Waals surface area contributed by atoms with E-state index in [1.807, 2.05) is 46.8 Å². The van der Waals surface area contributed by atoms with Crippen LogP contribution in [0.25, 0.3) is 0 Å². The van der Waals surface area contributed by atoms with Gasteiger partial charge >= 0.3 is 6.03 Å². The van der Waals surface area contributed by atoms with E-state index in [1.165, 1.54) is 0 Å². The largest absolute Gasteiger partial charge is 0.331 e. The lowest BCUT2D eigenvalue weighted by Crippen LogP contribution is -2.55. The smallest absolute Gasteiger partial charge is 0.318 e. The van der Waals surface area contributed by atoms with Gasteiger partial charge in [0.1, 0.15) is 6.54 Å². The van der Waals surface area contributed by atoms with Crippen LogP contribution < -0.4 is 10.2 Å². The zero-order valence-corrected chi connectivity index (χ0v) is 16.6. The molecule has 7 nitrogen and oxygen atoms in total. The van der Waals surface area contributed by atoms with Crippen molar-refractivity contribution in [2.75, 3.05) is 24.5 Å². The SMILES string of the molecule is Cc1cc(C)cc(N2CCN(C(=O)NC(C)c3c(C)n[nH]c3C)CC2=O)c1. The van der Waals surface area contributed by atoms with E-state index in [-0.39, 0.29) is 24.5 Å². The summed E-state index contributed by atoms with van der Waals surface area (Å²) < 4.78 is 0. The number of carbonyl (C=O) groups is 2. The summed E-state index contributed by atoms with van der Waals surface area (Å²) in [7, 11) is 0. The normalized spacial score (nSPS) is 15.8. The van der Waals surface area contributed by atoms with Gasteiger partial charge in [-0.15, -0.1) is 0 Å². The number of aromatic nitrogens is 2. The maximum absolute atomic E-state index is 12.6. The van der Waals surface area contributed by atoms with E-state index < -0.39 is 0 Å². The maximum atomic E-state index is 12.6. The fourth-order valence-corrected chi connectivity index (χ4v) is 3.77. The van der Waals surface area contributed by atoms with Crippen LogP contribution in [0.15, 0.2) is 18.2 Å². The van der Waals surface area contributed by atoms with Crippen molar-refractivity contribution in [3.05, 3.63) is 46.3 Å². The molecule has 1 unspecified atom stereocenters. The molecule has 0 bridgehead atoms. The molecule has 2 heterocycles. The highest BCUT2D eigenvalue weighted by atomic mass is 16.2. The molecule has 1 aliphatic rings. The Kier molecular flexibility index (Phi) is 5.21. The van der Waals surface area contributed by atoms with Crippen molar-refractivity contribution in [3.63, 3.8) is 0 Å². The van der Waals surface area contributed by atoms with Gasteiger partial charge in [0.15, 0.2) is 0 Å². The molecule has 27 heavy (non-hydrogen) atoms. The van der Waals surface area contributed by atoms with Crippen molar-refractivity contribution >= 4 is 17.6 Å². The molecule has 1 aromatic carbocycles. The molecule has 1 atom stereocenters. The number of aryl methyl sites for hydroxylation is 4. The van der Waals surface area contributed by atoms with Crippen LogP contribution in [0.2, 0.25) is 0 Å². The second-order valence-electron chi connectivity index (χ2n) is 7.33. The minimum absolute atomic E-state index is 0.0651. The first-order valence-electron chi connectivity index (χ1n) is 9.22. The number of carbonyl (C=O) groups excluding carboxylic acids is 2. The zero-order chi connectivity index (χ0) is 19.7. The van der Waals surface area contributed by atoms with Gasteiger partial charge in [-0.25, -0.2) is 4.79 Å². The molecular weight excluding hydrogens is 342 g/mol. The molecule has 1 aromatic heterocycles. The van der Waals surface area contributed by atoms with Gasteiger partial charge in [0.2, 0.25) is 5.91 Å². The quantitative estimate of drug-likeness (QED) is 0.873. The molecular formula is C20H27N5O2. The van der Waals surface area contributed by atoms with E-state index in [2.05, 4.69) is 21.6 Å². The van der Waals surface area contributed by atoms with Gasteiger partial charge in [-0.05, 0) is 57.9 Å². The Balaban J connectivity index is 1.65. The third-order valence-corrected chi connectivity index (χ3v) is 4.98. The minimum Gasteiger partial charge on any atom is -0.331 e. The monoisotopic (exact) mass is 369 g/mol. The molecule has 0 aliphatic carbocycles. The van der Waals surface area contributed by atoms with Gasteiger partial charge < -0.3 is 15.1 Å². The first kappa shape index (κ1) is 18.9. The van der Waals surface area contributed by atoms with E-state index >= 15 is 0 Å². The van der Waals surface area contributed by atoms with Crippen molar-refractivity contribution < 1.29 is 9.59 Å². The summed E-state index contributed by atoms with van der Waals surface area (Å²) in [5.41, 5.74) is 5.95. The fraction of sp³-hybridized carbons (Fsp3) is 0.450. The van der Waals surface area contributed by atoms with Gasteiger partial charge in [-0.1, -0.05) is 6.07 Å². The predicted molar refractivity (Wildman–Crippen MR) is 105 cm³/mol. The number of aromatic amines is 1. The number of nitrogens with zero attached hydrogens (tertiary/aromatic N) is 3. The molecule has 1 fully saturated rings. The molecule has 144 valence electrons. The van der Waals surface area contributed by atoms with E-state index in [0.717, 1.165) is 33.8 Å². The summed E-state index contributed by atoms with van der Waals surface area (Å²) in [5, 5.41) is 10.1. The summed E-state index contributed by atoms with van der Waals surface area (Å²) >= 11 is 0. The van der Waals surface area contributed by atoms with Crippen molar-refractivity contribution in [2.45, 2.75) is 40.7 Å². The van der Waals surface area contributed by atoms with Crippen LogP contribution in [0.4, 0.5) is 10.5 Å². The van der Waals surface area contributed by atoms with Gasteiger partial charge in [-0.3, -0.25) is 9.89 Å². The molecule has 1 aliphatic heterocycles. The molecule has 0 radical (unpaired) electrons. The highest BCUT2D eigenvalue weighted by Crippen LogP contribution is 2.22. The molecule has 3 amide bonds. The van der Waals surface area contributed by atoms with Crippen molar-refractivity contribution in [2.24, 2.45) is 0 Å². The topological polar surface area (TPSA) is 81.3 Å². The summed E-state index contributed by atoms with van der Waals surface area (Å²) in [6.07, 6.45) is 0. The van der Waals surface area contributed by atoms with E-state index in [9.17, 15) is 9.59 Å². The van der Waals surface area contributed by atoms with Crippen LogP contribution in [0.3, 0.4) is 0 Å². The van der Waals surface area contributed by atoms with Gasteiger partial charge in [0, 0.05) is 30.0 Å². The summed E-state index contributed by atoms with van der Waals surface area (Å²) in [4.78, 5) is 28.6. The zero-order valence-electron chi connectivity index (χ0n) is 16.6. The number of hydrogen-bond donors (Lipinski definition) is 2. The summed E-state index contributed by atoms with van der Waals surface area (Å²) in [5.74, 6) is -0.0651. The lowest BCUT2D eigenvalue weighted by Gasteiger charge is -2.35. The summed E-state index contributed by atoms with van der Waals surface area (Å²) in [6.45, 7) is 10.9. The van der Waals surface area contributed by atoms with Gasteiger partial charge in [-0.2, -0.15) is 5.10 Å². The number of hydrogen-bond acceptors (Lipinski definition) is 3. The van der Waals surface area contributed by atoms with Crippen LogP contribution in [0.1, 0.15) is 41.0 Å². The molecule has 0 saturated carbocycles. The Hall–Kier alpha value is -2.83. The third-order valence-electron chi connectivity index (χ3n) is 4.98. The number of piperazine rings is 1. The lowest BCUT2D eigenvalue weighted by atomic mass is 10.1. The van der Waals surface area contributed by atoms with Crippen LogP contribution >= 0.6 is 0 Å². The number of H-pyrrole nitrogens is 1. The Morgan fingerprint density at radius 2 is 1.81 bits per heavy atom. The second-order valence-corrected chi connectivity index (χ2v) is 7.33. The first-order valence-corrected chi connectivity index (χ1v) is 9.22. The number of amides is 3. The van der Waals surface area contributed by atoms with Gasteiger partial charge in [0.05, 0.1) is 11.7 Å². The average molecular weight is 369 g/mol. The van der Waals surface area contributed by atoms with E-state index in [1.54, 1.807) is 9.80 Å². The van der Waals surface area contributed by atoms with Crippen molar-refractivity contribution in [3.8, 4) is 0 Å². The number of nitrogens with one attached hydrogen (secondary N) is 2. The highest BCUT2D eigenvalue weighted by Gasteiger charge is 2.29. The number of urea groups is 1. The van der Waals surface area contributed by atoms with Crippen molar-refractivity contribution in [1.29, 1.82) is 0 Å². The van der Waals surface area contributed by atoms with Crippen LogP contribution in [0, 0.1) is 27.7 Å². The molecule has 7 heteroatoms. The van der Waals surface area contributed by atoms with Crippen LogP contribution in [0.5, 0.6) is 0 Å². The second kappa shape index (κ2) is 7.42. The molecule has 2 aromatic rings. The standard InChI is InChI=1S/C20H27N5O2/c1-12-8-13(2)10-17(9-12)25-7-6-24(11-18(25)26)20(27)21-14(3)19-15(4)22-23-16(19)5/h8-10,14H,6-7,11H2,1-5H3,(H,21,27)(H,22,23). The Morgan fingerprint density at radius 3 is 2.37 bits per heavy atom. The fourth-order valence-electron chi connectivity index (χ4n) is 3.77. The van der Waals surface area contributed by atoms with Crippen LogP contribution in [-0.4, -0.2) is 46.7 Å². The Labute approximate surface area is 159 Å². The number of anilines is 1. The van der Waals surface area contributed by atoms with E-state index in [0.29, 0.717) is 13.1 Å². The molecule has 2 N–H and O–H groups in total. The molecule has 1 saturated heterocycles. The molecule has 3 rings (SSSR count). The van der Waals surface area contributed by atoms with Gasteiger partial charge in [0.25, 0.3) is 0 Å². The third kappa shape index (κ3) is 3.97. The predicted octanol–water partition coefficient (Wildman–Crippen LogP) is 2.76. The first-order chi connectivity index (χ1) is 12.8. The summed E-state index contributed by atoms with van der Waals surface area (Å²) in [6, 6.07) is 5.69. The number of benzene rings is 1. The lowest BCUT2D eigenvalue weighted by molar-refractivity contribution is -0.120. The minimum atomic E-state index is -0.226. The Bertz CT molecular complexity index is 834. The van der Waals surface area contributed by atoms with Crippen LogP contribution in [-0.2, 0) is 4.79 Å². The maximum Gasteiger partial charge on any atom is 0.318 e. The highest BCUT2D eigenvalue weighted by molar-refractivity contribution is 5.97. The number of rotatable bonds is 3. The average Bonchev–Trinajstić information content (AvgIpc) is 2.92.